The number of rotatable bonds is 6. The number of urea groups is 1. The van der Waals surface area contributed by atoms with Crippen molar-refractivity contribution in [1.29, 1.82) is 0 Å². The second-order valence-electron chi connectivity index (χ2n) is 9.73. The van der Waals surface area contributed by atoms with E-state index in [-0.39, 0.29) is 17.6 Å². The van der Waals surface area contributed by atoms with Gasteiger partial charge in [0.1, 0.15) is 5.52 Å². The minimum atomic E-state index is -0.172. The molecule has 8 nitrogen and oxygen atoms in total. The molecule has 1 saturated heterocycles. The second-order valence-corrected chi connectivity index (χ2v) is 9.73. The molecule has 37 heavy (non-hydrogen) atoms. The molecular formula is C29H32N6O2. The molecule has 0 radical (unpaired) electrons. The van der Waals surface area contributed by atoms with Gasteiger partial charge in [-0.15, -0.1) is 0 Å². The van der Waals surface area contributed by atoms with Crippen LogP contribution in [0.3, 0.4) is 0 Å². The first-order chi connectivity index (χ1) is 18.0. The average Bonchev–Trinajstić information content (AvgIpc) is 2.91. The lowest BCUT2D eigenvalue weighted by Crippen LogP contribution is -2.49. The maximum atomic E-state index is 13.6. The monoisotopic (exact) mass is 496 g/mol. The van der Waals surface area contributed by atoms with E-state index in [1.165, 1.54) is 11.1 Å². The summed E-state index contributed by atoms with van der Waals surface area (Å²) in [6.07, 6.45) is 3.17. The van der Waals surface area contributed by atoms with E-state index in [4.69, 9.17) is 4.98 Å². The zero-order valence-electron chi connectivity index (χ0n) is 21.3. The number of aromatic nitrogens is 3. The summed E-state index contributed by atoms with van der Waals surface area (Å²) >= 11 is 0. The highest BCUT2D eigenvalue weighted by Crippen LogP contribution is 2.19. The third-order valence-corrected chi connectivity index (χ3v) is 6.85. The molecule has 0 atom stereocenters. The van der Waals surface area contributed by atoms with Crippen molar-refractivity contribution in [2.45, 2.75) is 45.8 Å². The number of carbonyl (C=O) groups excluding carboxylic acids is 1. The highest BCUT2D eigenvalue weighted by Gasteiger charge is 2.25. The van der Waals surface area contributed by atoms with Gasteiger partial charge in [-0.1, -0.05) is 59.7 Å². The van der Waals surface area contributed by atoms with Crippen LogP contribution >= 0.6 is 0 Å². The maximum absolute atomic E-state index is 13.6. The third kappa shape index (κ3) is 5.80. The van der Waals surface area contributed by atoms with Crippen molar-refractivity contribution in [2.24, 2.45) is 0 Å². The first-order valence-electron chi connectivity index (χ1n) is 12.7. The van der Waals surface area contributed by atoms with Crippen molar-refractivity contribution >= 4 is 23.0 Å². The lowest BCUT2D eigenvalue weighted by Gasteiger charge is -2.33. The van der Waals surface area contributed by atoms with Crippen molar-refractivity contribution < 1.29 is 4.79 Å². The van der Waals surface area contributed by atoms with Crippen LogP contribution in [0.2, 0.25) is 0 Å². The molecule has 3 heterocycles. The zero-order valence-corrected chi connectivity index (χ0v) is 21.3. The van der Waals surface area contributed by atoms with Gasteiger partial charge in [-0.2, -0.15) is 0 Å². The van der Waals surface area contributed by atoms with E-state index >= 15 is 0 Å². The van der Waals surface area contributed by atoms with Crippen LogP contribution in [-0.2, 0) is 13.1 Å². The normalized spacial score (nSPS) is 14.1. The Kier molecular flexibility index (Phi) is 7.16. The number of nitrogens with zero attached hydrogens (tertiary/aromatic N) is 4. The van der Waals surface area contributed by atoms with E-state index in [9.17, 15) is 9.59 Å². The van der Waals surface area contributed by atoms with Crippen LogP contribution in [0, 0.1) is 13.8 Å². The molecule has 1 aliphatic rings. The largest absolute Gasteiger partial charge is 0.352 e. The smallest absolute Gasteiger partial charge is 0.315 e. The predicted octanol–water partition coefficient (Wildman–Crippen LogP) is 3.92. The Hall–Kier alpha value is -4.20. The van der Waals surface area contributed by atoms with E-state index in [1.54, 1.807) is 10.8 Å². The Bertz CT molecular complexity index is 1440. The van der Waals surface area contributed by atoms with Crippen LogP contribution in [0.25, 0.3) is 11.2 Å². The van der Waals surface area contributed by atoms with Gasteiger partial charge < -0.3 is 15.5 Å². The van der Waals surface area contributed by atoms with Crippen LogP contribution in [0.15, 0.2) is 71.7 Å². The molecule has 2 N–H and O–H groups in total. The molecular weight excluding hydrogens is 464 g/mol. The van der Waals surface area contributed by atoms with Crippen LogP contribution in [0.1, 0.15) is 35.1 Å². The summed E-state index contributed by atoms with van der Waals surface area (Å²) in [5.74, 6) is 0.440. The first-order valence-corrected chi connectivity index (χ1v) is 12.7. The number of amides is 2. The van der Waals surface area contributed by atoms with Crippen molar-refractivity contribution in [3.05, 3.63) is 99.5 Å². The Labute approximate surface area is 216 Å². The molecule has 0 spiro atoms. The van der Waals surface area contributed by atoms with Crippen molar-refractivity contribution in [3.63, 3.8) is 0 Å². The molecule has 1 fully saturated rings. The summed E-state index contributed by atoms with van der Waals surface area (Å²) in [7, 11) is 0. The number of hydrogen-bond donors (Lipinski definition) is 2. The molecule has 2 aromatic heterocycles. The van der Waals surface area contributed by atoms with Gasteiger partial charge in [-0.05, 0) is 49.9 Å². The molecule has 5 rings (SSSR count). The molecule has 4 aromatic rings. The minimum absolute atomic E-state index is 0.0474. The lowest BCUT2D eigenvalue weighted by molar-refractivity contribution is 0.234. The van der Waals surface area contributed by atoms with E-state index in [1.807, 2.05) is 79.4 Å². The van der Waals surface area contributed by atoms with Crippen molar-refractivity contribution in [1.82, 2.24) is 25.2 Å². The lowest BCUT2D eigenvalue weighted by atomic mass is 10.1. The maximum Gasteiger partial charge on any atom is 0.315 e. The molecule has 0 aliphatic carbocycles. The predicted molar refractivity (Wildman–Crippen MR) is 146 cm³/mol. The van der Waals surface area contributed by atoms with E-state index < -0.39 is 0 Å². The number of benzene rings is 2. The van der Waals surface area contributed by atoms with Gasteiger partial charge >= 0.3 is 6.03 Å². The van der Waals surface area contributed by atoms with Crippen LogP contribution in [-0.4, -0.2) is 39.7 Å². The van der Waals surface area contributed by atoms with Crippen LogP contribution in [0.5, 0.6) is 0 Å². The molecule has 0 bridgehead atoms. The summed E-state index contributed by atoms with van der Waals surface area (Å²) in [5, 5.41) is 6.01. The van der Waals surface area contributed by atoms with Crippen molar-refractivity contribution in [2.75, 3.05) is 18.0 Å². The Balaban J connectivity index is 1.26. The van der Waals surface area contributed by atoms with Crippen LogP contribution < -0.4 is 21.1 Å². The number of hydrogen-bond acceptors (Lipinski definition) is 5. The van der Waals surface area contributed by atoms with Gasteiger partial charge in [-0.25, -0.2) is 14.8 Å². The molecule has 8 heteroatoms. The number of fused-ring (bicyclic) bond motifs is 1. The molecule has 2 aromatic carbocycles. The highest BCUT2D eigenvalue weighted by atomic mass is 16.2. The fraction of sp³-hybridized carbons (Fsp3) is 0.310. The number of carbonyl (C=O) groups is 1. The Morgan fingerprint density at radius 2 is 1.59 bits per heavy atom. The summed E-state index contributed by atoms with van der Waals surface area (Å²) in [6, 6.07) is 19.9. The Morgan fingerprint density at radius 1 is 0.946 bits per heavy atom. The van der Waals surface area contributed by atoms with Crippen molar-refractivity contribution in [3.8, 4) is 0 Å². The highest BCUT2D eigenvalue weighted by molar-refractivity contribution is 5.74. The van der Waals surface area contributed by atoms with E-state index in [2.05, 4.69) is 15.6 Å². The van der Waals surface area contributed by atoms with Gasteiger partial charge in [0.15, 0.2) is 11.5 Å². The Morgan fingerprint density at radius 3 is 2.27 bits per heavy atom. The summed E-state index contributed by atoms with van der Waals surface area (Å²) in [5.41, 5.74) is 5.60. The third-order valence-electron chi connectivity index (χ3n) is 6.85. The van der Waals surface area contributed by atoms with Gasteiger partial charge in [-0.3, -0.25) is 9.36 Å². The number of anilines is 1. The fourth-order valence-electron chi connectivity index (χ4n) is 4.65. The average molecular weight is 497 g/mol. The zero-order chi connectivity index (χ0) is 25.8. The number of aryl methyl sites for hydroxylation is 2. The topological polar surface area (TPSA) is 92.2 Å². The van der Waals surface area contributed by atoms with Gasteiger partial charge in [0.2, 0.25) is 0 Å². The summed E-state index contributed by atoms with van der Waals surface area (Å²) < 4.78 is 1.71. The summed E-state index contributed by atoms with van der Waals surface area (Å²) in [4.78, 5) is 37.2. The molecule has 2 amide bonds. The van der Waals surface area contributed by atoms with E-state index in [0.717, 1.165) is 24.0 Å². The van der Waals surface area contributed by atoms with Gasteiger partial charge in [0, 0.05) is 31.9 Å². The second kappa shape index (κ2) is 10.8. The molecule has 190 valence electrons. The van der Waals surface area contributed by atoms with Gasteiger partial charge in [0.05, 0.1) is 6.54 Å². The first kappa shape index (κ1) is 24.5. The minimum Gasteiger partial charge on any atom is -0.352 e. The SMILES string of the molecule is Cc1ccc(CNC(=O)NC2CCN(c3nc4cccnc4n(Cc4ccc(C)cc4)c3=O)CC2)cc1. The van der Waals surface area contributed by atoms with Gasteiger partial charge in [0.25, 0.3) is 5.56 Å². The standard InChI is InChI=1S/C29H32N6O2/c1-20-5-9-22(10-6-20)18-31-29(37)32-24-13-16-34(17-14-24)27-28(36)35(19-23-11-7-21(2)8-12-23)26-25(33-27)4-3-15-30-26/h3-12,15,24H,13-14,16-19H2,1-2H3,(H2,31,32,37). The molecule has 0 saturated carbocycles. The van der Waals surface area contributed by atoms with E-state index in [0.29, 0.717) is 43.2 Å². The van der Waals surface area contributed by atoms with Crippen LogP contribution in [0.4, 0.5) is 10.6 Å². The fourth-order valence-corrected chi connectivity index (χ4v) is 4.65. The quantitative estimate of drug-likeness (QED) is 0.422. The molecule has 1 aliphatic heterocycles. The molecule has 0 unspecified atom stereocenters. The number of piperidine rings is 1. The number of nitrogens with one attached hydrogen (secondary N) is 2. The number of pyridine rings is 1. The summed E-state index contributed by atoms with van der Waals surface area (Å²) in [6.45, 7) is 6.29.